The van der Waals surface area contributed by atoms with Crippen LogP contribution in [-0.4, -0.2) is 54.0 Å². The van der Waals surface area contributed by atoms with Gasteiger partial charge in [0.05, 0.1) is 40.2 Å². The highest BCUT2D eigenvalue weighted by Crippen LogP contribution is 2.43. The number of benzene rings is 3. The number of carboxylic acids is 1. The Balaban J connectivity index is 1.37. The van der Waals surface area contributed by atoms with Gasteiger partial charge in [-0.25, -0.2) is 9.78 Å². The molecule has 0 radical (unpaired) electrons. The number of aromatic carboxylic acids is 1. The molecule has 0 bridgehead atoms. The van der Waals surface area contributed by atoms with Crippen LogP contribution in [0.4, 0.5) is 5.69 Å². The number of carbonyl (C=O) groups excluding carboxylic acids is 1. The molecule has 12 heteroatoms. The van der Waals surface area contributed by atoms with Gasteiger partial charge in [0.1, 0.15) is 17.0 Å². The van der Waals surface area contributed by atoms with E-state index in [9.17, 15) is 14.7 Å². The first kappa shape index (κ1) is 33.7. The summed E-state index contributed by atoms with van der Waals surface area (Å²) in [5, 5.41) is 17.1. The van der Waals surface area contributed by atoms with Crippen molar-refractivity contribution in [2.75, 3.05) is 18.1 Å². The fourth-order valence-corrected chi connectivity index (χ4v) is 7.77. The summed E-state index contributed by atoms with van der Waals surface area (Å²) in [7, 11) is 3.73. The van der Waals surface area contributed by atoms with Crippen molar-refractivity contribution in [3.05, 3.63) is 92.1 Å². The van der Waals surface area contributed by atoms with Gasteiger partial charge in [0.15, 0.2) is 0 Å². The molecule has 7 rings (SSSR count). The molecule has 1 amide bonds. The van der Waals surface area contributed by atoms with E-state index in [1.165, 1.54) is 0 Å². The first-order valence-electron chi connectivity index (χ1n) is 16.6. The molecule has 0 aliphatic carbocycles. The lowest BCUT2D eigenvalue weighted by molar-refractivity contribution is 0.0698. The molecule has 3 aromatic carbocycles. The minimum atomic E-state index is -1.10. The fraction of sp³-hybridized carbons (Fsp3) is 0.316. The van der Waals surface area contributed by atoms with Crippen LogP contribution in [0.15, 0.2) is 42.7 Å². The van der Waals surface area contributed by atoms with Gasteiger partial charge in [-0.1, -0.05) is 29.3 Å². The van der Waals surface area contributed by atoms with Gasteiger partial charge < -0.3 is 23.9 Å². The van der Waals surface area contributed by atoms with Gasteiger partial charge in [0, 0.05) is 60.1 Å². The average Bonchev–Trinajstić information content (AvgIpc) is 3.64. The van der Waals surface area contributed by atoms with E-state index in [0.29, 0.717) is 66.4 Å². The van der Waals surface area contributed by atoms with Gasteiger partial charge in [0.25, 0.3) is 5.91 Å². The number of fused-ring (bicyclic) bond motifs is 4. The third-order valence-corrected chi connectivity index (χ3v) is 10.8. The highest BCUT2D eigenvalue weighted by Gasteiger charge is 2.33. The zero-order valence-corrected chi connectivity index (χ0v) is 30.4. The SMILES string of the molecule is Cc1cc(OCCCc2c3n(c4c(-c5c(C)nn(C)c5C)c(Cl)ccc24)CCCN(c2cc(C(=O)O)c4ncn(C)c4c2)C3=O)cc(C)c1Cl. The van der Waals surface area contributed by atoms with Gasteiger partial charge in [0.2, 0.25) is 0 Å². The number of hydrogen-bond donors (Lipinski definition) is 1. The maximum atomic E-state index is 14.9. The predicted octanol–water partition coefficient (Wildman–Crippen LogP) is 8.23. The number of halogens is 2. The molecule has 4 heterocycles. The number of rotatable bonds is 8. The molecule has 258 valence electrons. The topological polar surface area (TPSA) is 107 Å². The van der Waals surface area contributed by atoms with Gasteiger partial charge >= 0.3 is 5.97 Å². The van der Waals surface area contributed by atoms with Crippen LogP contribution in [0.2, 0.25) is 10.0 Å². The number of aryl methyl sites for hydroxylation is 7. The van der Waals surface area contributed by atoms with E-state index in [0.717, 1.165) is 60.9 Å². The molecule has 50 heavy (non-hydrogen) atoms. The molecule has 0 saturated heterocycles. The van der Waals surface area contributed by atoms with E-state index in [2.05, 4.69) is 14.6 Å². The van der Waals surface area contributed by atoms with Crippen LogP contribution < -0.4 is 9.64 Å². The predicted molar refractivity (Wildman–Crippen MR) is 197 cm³/mol. The van der Waals surface area contributed by atoms with E-state index in [1.807, 2.05) is 76.8 Å². The van der Waals surface area contributed by atoms with Crippen LogP contribution in [0.25, 0.3) is 33.1 Å². The molecule has 0 atom stereocenters. The maximum absolute atomic E-state index is 14.9. The number of hydrogen-bond acceptors (Lipinski definition) is 5. The van der Waals surface area contributed by atoms with Crippen LogP contribution in [0.3, 0.4) is 0 Å². The monoisotopic (exact) mass is 712 g/mol. The first-order valence-corrected chi connectivity index (χ1v) is 17.4. The lowest BCUT2D eigenvalue weighted by atomic mass is 9.98. The zero-order valence-electron chi connectivity index (χ0n) is 28.9. The second kappa shape index (κ2) is 12.8. The van der Waals surface area contributed by atoms with Crippen molar-refractivity contribution in [1.29, 1.82) is 0 Å². The summed E-state index contributed by atoms with van der Waals surface area (Å²) in [6.45, 7) is 9.33. The minimum Gasteiger partial charge on any atom is -0.494 e. The van der Waals surface area contributed by atoms with Crippen LogP contribution in [0, 0.1) is 27.7 Å². The number of ether oxygens (including phenoxy) is 1. The second-order valence-electron chi connectivity index (χ2n) is 13.1. The van der Waals surface area contributed by atoms with Gasteiger partial charge in [-0.3, -0.25) is 9.48 Å². The molecule has 3 aromatic heterocycles. The van der Waals surface area contributed by atoms with Crippen LogP contribution >= 0.6 is 23.2 Å². The van der Waals surface area contributed by atoms with Gasteiger partial charge in [-0.05, 0) is 94.0 Å². The fourth-order valence-electron chi connectivity index (χ4n) is 7.41. The third-order valence-electron chi connectivity index (χ3n) is 9.85. The summed E-state index contributed by atoms with van der Waals surface area (Å²) in [5.41, 5.74) is 9.51. The number of nitrogens with zero attached hydrogens (tertiary/aromatic N) is 6. The summed E-state index contributed by atoms with van der Waals surface area (Å²) in [5.74, 6) is -0.540. The Morgan fingerprint density at radius 3 is 2.42 bits per heavy atom. The molecular formula is C38H38Cl2N6O4. The minimum absolute atomic E-state index is 0.0531. The Morgan fingerprint density at radius 1 is 1.00 bits per heavy atom. The number of carbonyl (C=O) groups is 2. The van der Waals surface area contributed by atoms with Crippen molar-refractivity contribution in [1.82, 2.24) is 23.9 Å². The highest BCUT2D eigenvalue weighted by atomic mass is 35.5. The molecule has 0 fully saturated rings. The van der Waals surface area contributed by atoms with Crippen molar-refractivity contribution < 1.29 is 19.4 Å². The molecule has 6 aromatic rings. The van der Waals surface area contributed by atoms with E-state index < -0.39 is 5.97 Å². The van der Waals surface area contributed by atoms with Gasteiger partial charge in [-0.2, -0.15) is 5.10 Å². The average molecular weight is 714 g/mol. The number of amides is 1. The van der Waals surface area contributed by atoms with E-state index >= 15 is 0 Å². The summed E-state index contributed by atoms with van der Waals surface area (Å²) in [6, 6.07) is 11.2. The molecule has 1 N–H and O–H groups in total. The molecule has 0 saturated carbocycles. The van der Waals surface area contributed by atoms with Crippen molar-refractivity contribution in [3.63, 3.8) is 0 Å². The van der Waals surface area contributed by atoms with E-state index in [4.69, 9.17) is 27.9 Å². The van der Waals surface area contributed by atoms with Crippen molar-refractivity contribution >= 4 is 62.7 Å². The van der Waals surface area contributed by atoms with E-state index in [1.54, 1.807) is 21.9 Å². The highest BCUT2D eigenvalue weighted by molar-refractivity contribution is 6.35. The van der Waals surface area contributed by atoms with E-state index in [-0.39, 0.29) is 11.5 Å². The molecule has 10 nitrogen and oxygen atoms in total. The van der Waals surface area contributed by atoms with Crippen molar-refractivity contribution in [2.45, 2.75) is 53.5 Å². The van der Waals surface area contributed by atoms with Crippen molar-refractivity contribution in [2.24, 2.45) is 14.1 Å². The molecule has 1 aliphatic rings. The normalized spacial score (nSPS) is 13.4. The lowest BCUT2D eigenvalue weighted by Crippen LogP contribution is -2.32. The summed E-state index contributed by atoms with van der Waals surface area (Å²) in [4.78, 5) is 33.3. The van der Waals surface area contributed by atoms with Gasteiger partial charge in [-0.15, -0.1) is 0 Å². The second-order valence-corrected chi connectivity index (χ2v) is 13.9. The molecule has 0 unspecified atom stereocenters. The maximum Gasteiger partial charge on any atom is 0.338 e. The molecular weight excluding hydrogens is 675 g/mol. The zero-order chi connectivity index (χ0) is 35.6. The van der Waals surface area contributed by atoms with Crippen LogP contribution in [0.1, 0.15) is 61.8 Å². The summed E-state index contributed by atoms with van der Waals surface area (Å²) >= 11 is 13.4. The third kappa shape index (κ3) is 5.51. The Labute approximate surface area is 299 Å². The first-order chi connectivity index (χ1) is 23.9. The van der Waals surface area contributed by atoms with Crippen LogP contribution in [0.5, 0.6) is 5.75 Å². The number of anilines is 1. The summed E-state index contributed by atoms with van der Waals surface area (Å²) in [6.07, 6.45) is 3.44. The largest absolute Gasteiger partial charge is 0.494 e. The van der Waals surface area contributed by atoms with Crippen LogP contribution in [-0.2, 0) is 27.1 Å². The number of carboxylic acid groups (broad SMARTS) is 1. The van der Waals surface area contributed by atoms with Crippen molar-refractivity contribution in [3.8, 4) is 16.9 Å². The standard InChI is InChI=1S/C38H38Cl2N6O4/c1-20-15-25(16-21(2)33(20)40)50-14-7-9-26-27-10-11-29(39)32(31-22(3)42-44(6)23(31)4)35(27)46-13-8-12-45(37(47)36(26)46)24-17-28(38(48)49)34-30(18-24)43(5)19-41-34/h10-11,15-19H,7-9,12-14H2,1-6H3,(H,48,49). The Kier molecular flexibility index (Phi) is 8.64. The summed E-state index contributed by atoms with van der Waals surface area (Å²) < 4.78 is 11.9. The number of imidazole rings is 1. The smallest absolute Gasteiger partial charge is 0.338 e. The Hall–Kier alpha value is -4.80. The quantitative estimate of drug-likeness (QED) is 0.159. The Morgan fingerprint density at radius 2 is 1.74 bits per heavy atom. The lowest BCUT2D eigenvalue weighted by Gasteiger charge is -2.22. The number of aromatic nitrogens is 5. The molecule has 0 spiro atoms. The molecule has 1 aliphatic heterocycles. The Bertz CT molecular complexity index is 2350.